The maximum Gasteiger partial charge on any atom is 0.481 e. The van der Waals surface area contributed by atoms with Gasteiger partial charge in [-0.15, -0.1) is 0 Å². The summed E-state index contributed by atoms with van der Waals surface area (Å²) >= 11 is 1.09. The molecule has 7 atom stereocenters. The number of imidazole rings is 1. The fourth-order valence-corrected chi connectivity index (χ4v) is 10.0. The lowest BCUT2D eigenvalue weighted by Crippen LogP contribution is -2.46. The van der Waals surface area contributed by atoms with Crippen LogP contribution in [0.3, 0.4) is 0 Å². The minimum Gasteiger partial charge on any atom is -0.481 e. The number of thioether (sulfide) groups is 1. The van der Waals surface area contributed by atoms with Crippen molar-refractivity contribution in [3.63, 3.8) is 0 Å². The summed E-state index contributed by atoms with van der Waals surface area (Å²) in [7, 11) is -16.5. The number of nitrogens with one attached hydrogen (secondary N) is 2. The number of ether oxygens (including phenoxy) is 2. The second kappa shape index (κ2) is 25.4. The van der Waals surface area contributed by atoms with Crippen molar-refractivity contribution in [2.45, 2.75) is 117 Å². The van der Waals surface area contributed by atoms with Crippen LogP contribution in [-0.2, 0) is 60.2 Å². The van der Waals surface area contributed by atoms with Crippen LogP contribution in [0.25, 0.3) is 11.2 Å². The number of carboxylic acid groups (broad SMARTS) is 1. The Morgan fingerprint density at radius 3 is 2.13 bits per heavy atom. The van der Waals surface area contributed by atoms with Gasteiger partial charge in [0, 0.05) is 49.3 Å². The lowest BCUT2D eigenvalue weighted by atomic mass is 9.87. The third kappa shape index (κ3) is 19.0. The summed E-state index contributed by atoms with van der Waals surface area (Å²) in [5.74, 6) is -2.02. The summed E-state index contributed by atoms with van der Waals surface area (Å²) in [6.07, 6.45) is -2.76. The summed E-state index contributed by atoms with van der Waals surface area (Å²) in [5, 5.41) is 35.7. The molecule has 31 heteroatoms. The van der Waals surface area contributed by atoms with E-state index >= 15 is 0 Å². The first-order valence-electron chi connectivity index (χ1n) is 21.3. The Labute approximate surface area is 396 Å². The average molecular weight is 1050 g/mol. The molecule has 2 aromatic heterocycles. The number of aliphatic hydroxyl groups excluding tert-OH is 2. The molecule has 68 heavy (non-hydrogen) atoms. The number of nitrogens with zero attached hydrogens (tertiary/aromatic N) is 4. The van der Waals surface area contributed by atoms with E-state index in [2.05, 4.69) is 34.4 Å². The number of unbranched alkanes of at least 4 members (excludes halogenated alkanes) is 2. The van der Waals surface area contributed by atoms with Crippen molar-refractivity contribution in [2.24, 2.45) is 16.2 Å². The number of fused-ring (bicyclic) bond motifs is 1. The number of rotatable bonds is 31. The number of anilines is 1. The Balaban J connectivity index is 1.36. The van der Waals surface area contributed by atoms with Crippen molar-refractivity contribution in [3.05, 3.63) is 12.7 Å². The Hall–Kier alpha value is -3.01. The first kappa shape index (κ1) is 59.3. The second-order valence-corrected chi connectivity index (χ2v) is 23.1. The number of carboxylic acids is 1. The topological polar surface area (TPSA) is 410 Å². The van der Waals surface area contributed by atoms with Gasteiger partial charge in [-0.1, -0.05) is 52.3 Å². The second-order valence-electron chi connectivity index (χ2n) is 17.8. The van der Waals surface area contributed by atoms with Crippen LogP contribution in [0.2, 0.25) is 0 Å². The van der Waals surface area contributed by atoms with Gasteiger partial charge in [0.2, 0.25) is 11.8 Å². The highest BCUT2D eigenvalue weighted by Gasteiger charge is 2.50. The lowest BCUT2D eigenvalue weighted by Gasteiger charge is -2.30. The molecule has 388 valence electrons. The third-order valence-corrected chi connectivity index (χ3v) is 14.9. The molecule has 0 radical (unpaired) electrons. The largest absolute Gasteiger partial charge is 0.481 e. The molecule has 1 aliphatic heterocycles. The molecule has 7 unspecified atom stereocenters. The number of aliphatic carboxylic acids is 1. The number of carbonyl (C=O) groups excluding carboxylic acids is 3. The zero-order chi connectivity index (χ0) is 51.3. The van der Waals surface area contributed by atoms with E-state index < -0.39 is 101 Å². The summed E-state index contributed by atoms with van der Waals surface area (Å²) in [5.41, 5.74) is 2.87. The average Bonchev–Trinajstić information content (AvgIpc) is 3.79. The fourth-order valence-electron chi connectivity index (χ4n) is 6.32. The molecule has 1 saturated heterocycles. The van der Waals surface area contributed by atoms with Crippen LogP contribution in [0, 0.1) is 16.2 Å². The SMILES string of the molecule is CC(C)(CCCCOCCCCC(C)(C)C(=O)SCCNC(=O)CCNC(=O)C(O)C(C)(C)COP(=O)(O)OP(=O)(O)OCC1OC(n2cnc3c(N)ncnc32)C(O)C1OP(=O)(O)O)C(=O)O. The van der Waals surface area contributed by atoms with E-state index in [1.54, 1.807) is 13.8 Å². The van der Waals surface area contributed by atoms with E-state index in [0.717, 1.165) is 54.7 Å². The van der Waals surface area contributed by atoms with Gasteiger partial charge in [0.1, 0.15) is 36.3 Å². The summed E-state index contributed by atoms with van der Waals surface area (Å²) in [4.78, 5) is 100. The monoisotopic (exact) mass is 1050 g/mol. The van der Waals surface area contributed by atoms with Crippen LogP contribution >= 0.6 is 35.2 Å². The third-order valence-electron chi connectivity index (χ3n) is 10.5. The number of phosphoric acid groups is 3. The number of nitrogen functional groups attached to an aromatic ring is 1. The summed E-state index contributed by atoms with van der Waals surface area (Å²) < 4.78 is 68.1. The molecule has 1 fully saturated rings. The van der Waals surface area contributed by atoms with Crippen molar-refractivity contribution in [1.82, 2.24) is 30.2 Å². The Bertz CT molecular complexity index is 2180. The van der Waals surface area contributed by atoms with Gasteiger partial charge >= 0.3 is 29.4 Å². The van der Waals surface area contributed by atoms with E-state index in [-0.39, 0.29) is 41.6 Å². The van der Waals surface area contributed by atoms with E-state index in [1.165, 1.54) is 13.8 Å². The highest BCUT2D eigenvalue weighted by molar-refractivity contribution is 8.13. The molecule has 0 aliphatic carbocycles. The molecular formula is C37H64N7O20P3S. The molecule has 2 amide bonds. The summed E-state index contributed by atoms with van der Waals surface area (Å²) in [6, 6.07) is 0. The molecule has 1 aliphatic rings. The van der Waals surface area contributed by atoms with Crippen LogP contribution in [0.5, 0.6) is 0 Å². The maximum atomic E-state index is 12.8. The van der Waals surface area contributed by atoms with Gasteiger partial charge in [-0.2, -0.15) is 4.31 Å². The molecule has 3 rings (SSSR count). The molecular weight excluding hydrogens is 987 g/mol. The highest BCUT2D eigenvalue weighted by atomic mass is 32.2. The van der Waals surface area contributed by atoms with E-state index in [0.29, 0.717) is 31.8 Å². The quantitative estimate of drug-likeness (QED) is 0.0382. The molecule has 2 aromatic rings. The van der Waals surface area contributed by atoms with Gasteiger partial charge in [-0.05, 0) is 39.5 Å². The molecule has 0 spiro atoms. The van der Waals surface area contributed by atoms with Gasteiger partial charge in [0.25, 0.3) is 0 Å². The van der Waals surface area contributed by atoms with Crippen molar-refractivity contribution in [1.29, 1.82) is 0 Å². The number of hydrogen-bond donors (Lipinski definition) is 10. The molecule has 3 heterocycles. The first-order valence-corrected chi connectivity index (χ1v) is 26.8. The first-order chi connectivity index (χ1) is 31.4. The fraction of sp³-hybridized carbons (Fsp3) is 0.757. The minimum absolute atomic E-state index is 0.0234. The van der Waals surface area contributed by atoms with Crippen LogP contribution in [0.4, 0.5) is 5.82 Å². The van der Waals surface area contributed by atoms with Crippen LogP contribution < -0.4 is 16.4 Å². The Morgan fingerprint density at radius 1 is 0.897 bits per heavy atom. The van der Waals surface area contributed by atoms with Crippen LogP contribution in [0.1, 0.15) is 92.7 Å². The van der Waals surface area contributed by atoms with Crippen molar-refractivity contribution < 1.29 is 95.1 Å². The Kier molecular flexibility index (Phi) is 22.1. The molecule has 0 aromatic carbocycles. The van der Waals surface area contributed by atoms with E-state index in [1.807, 2.05) is 13.8 Å². The molecule has 27 nitrogen and oxygen atoms in total. The predicted octanol–water partition coefficient (Wildman–Crippen LogP) is 2.16. The standard InChI is InChI=1S/C37H64N7O20P3S/c1-35(2,33(49)50)12-7-9-16-59-17-10-8-13-36(3,4)34(51)68-18-15-39-24(45)11-14-40-31(48)28(47)37(5,6)20-61-67(57,58)64-66(55,56)60-19-23-27(63-65(52,53)54)26(46)32(62-23)44-22-43-25-29(38)41-21-42-30(25)44/h21-23,26-28,32,46-47H,7-20H2,1-6H3,(H,39,45)(H,40,48)(H,49,50)(H,55,56)(H,57,58)(H2,38,41,42)(H2,52,53,54). The highest BCUT2D eigenvalue weighted by Crippen LogP contribution is 2.61. The zero-order valence-corrected chi connectivity index (χ0v) is 42.0. The van der Waals surface area contributed by atoms with Gasteiger partial charge < -0.3 is 60.7 Å². The van der Waals surface area contributed by atoms with Crippen molar-refractivity contribution in [3.8, 4) is 0 Å². The normalized spacial score (nSPS) is 20.4. The number of carbonyl (C=O) groups is 4. The smallest absolute Gasteiger partial charge is 0.481 e. The number of aromatic nitrogens is 4. The van der Waals surface area contributed by atoms with E-state index in [4.69, 9.17) is 24.3 Å². The number of aliphatic hydroxyl groups is 2. The van der Waals surface area contributed by atoms with Crippen molar-refractivity contribution in [2.75, 3.05) is 51.0 Å². The van der Waals surface area contributed by atoms with Gasteiger partial charge in [0.05, 0.1) is 25.0 Å². The van der Waals surface area contributed by atoms with Crippen molar-refractivity contribution >= 4 is 75.1 Å². The van der Waals surface area contributed by atoms with Crippen LogP contribution in [-0.4, -0.2) is 147 Å². The van der Waals surface area contributed by atoms with Gasteiger partial charge in [0.15, 0.2) is 22.8 Å². The van der Waals surface area contributed by atoms with Gasteiger partial charge in [-0.3, -0.25) is 37.3 Å². The molecule has 11 N–H and O–H groups in total. The number of nitrogens with two attached hydrogens (primary N) is 1. The predicted molar refractivity (Wildman–Crippen MR) is 241 cm³/mol. The zero-order valence-electron chi connectivity index (χ0n) is 38.5. The lowest BCUT2D eigenvalue weighted by molar-refractivity contribution is -0.147. The number of amides is 2. The maximum absolute atomic E-state index is 12.8. The minimum atomic E-state index is -5.59. The van der Waals surface area contributed by atoms with E-state index in [9.17, 15) is 67.8 Å². The van der Waals surface area contributed by atoms with Crippen LogP contribution in [0.15, 0.2) is 12.7 Å². The summed E-state index contributed by atoms with van der Waals surface area (Å²) in [6.45, 7) is 8.56. The molecule has 0 saturated carbocycles. The van der Waals surface area contributed by atoms with Gasteiger partial charge in [-0.25, -0.2) is 28.6 Å². The Morgan fingerprint density at radius 2 is 1.51 bits per heavy atom. The number of phosphoric ester groups is 3. The molecule has 0 bridgehead atoms. The number of hydrogen-bond acceptors (Lipinski definition) is 20.